The molecule has 150 valence electrons. The molecule has 7 heteroatoms. The molecule has 3 aromatic carbocycles. The average molecular weight is 426 g/mol. The van der Waals surface area contributed by atoms with Crippen molar-refractivity contribution in [3.8, 4) is 0 Å². The van der Waals surface area contributed by atoms with Crippen LogP contribution in [0.5, 0.6) is 0 Å². The zero-order chi connectivity index (χ0) is 21.0. The van der Waals surface area contributed by atoms with Crippen molar-refractivity contribution in [2.24, 2.45) is 0 Å². The number of hydrogen-bond donors (Lipinski definition) is 3. The highest BCUT2D eigenvalue weighted by Crippen LogP contribution is 2.24. The summed E-state index contributed by atoms with van der Waals surface area (Å²) in [5, 5.41) is 6.63. The Morgan fingerprint density at radius 1 is 0.793 bits per heavy atom. The fourth-order valence-electron chi connectivity index (χ4n) is 2.85. The summed E-state index contributed by atoms with van der Waals surface area (Å²) < 4.78 is 28.3. The first kappa shape index (κ1) is 20.8. The van der Waals surface area contributed by atoms with Crippen molar-refractivity contribution < 1.29 is 8.42 Å². The molecule has 0 spiro atoms. The summed E-state index contributed by atoms with van der Waals surface area (Å²) in [5.41, 5.74) is 4.93. The summed E-state index contributed by atoms with van der Waals surface area (Å²) >= 11 is 5.41. The van der Waals surface area contributed by atoms with Crippen LogP contribution in [0.1, 0.15) is 16.7 Å². The van der Waals surface area contributed by atoms with E-state index in [1.807, 2.05) is 38.1 Å². The Labute approximate surface area is 177 Å². The van der Waals surface area contributed by atoms with Gasteiger partial charge in [-0.1, -0.05) is 36.4 Å². The molecule has 0 saturated carbocycles. The van der Waals surface area contributed by atoms with Gasteiger partial charge in [0.15, 0.2) is 5.11 Å². The fourth-order valence-corrected chi connectivity index (χ4v) is 4.41. The standard InChI is InChI=1S/C22H23N3O2S2/c1-15-8-7-11-20(17(15)3)24-22(28)23-19-13-12-16(2)21(14-19)29(26,27)25-18-9-5-4-6-10-18/h4-14,25H,1-3H3,(H2,23,24,28). The molecule has 0 aliphatic rings. The minimum absolute atomic E-state index is 0.195. The van der Waals surface area contributed by atoms with Crippen LogP contribution < -0.4 is 15.4 Å². The lowest BCUT2D eigenvalue weighted by Gasteiger charge is -2.15. The smallest absolute Gasteiger partial charge is 0.262 e. The fraction of sp³-hybridized carbons (Fsp3) is 0.136. The Balaban J connectivity index is 1.80. The highest BCUT2D eigenvalue weighted by molar-refractivity contribution is 7.92. The zero-order valence-corrected chi connectivity index (χ0v) is 18.1. The Morgan fingerprint density at radius 3 is 2.24 bits per heavy atom. The molecule has 3 aromatic rings. The van der Waals surface area contributed by atoms with E-state index >= 15 is 0 Å². The van der Waals surface area contributed by atoms with E-state index in [-0.39, 0.29) is 4.90 Å². The van der Waals surface area contributed by atoms with Crippen molar-refractivity contribution in [2.75, 3.05) is 15.4 Å². The molecule has 0 saturated heterocycles. The van der Waals surface area contributed by atoms with Crippen LogP contribution in [0, 0.1) is 20.8 Å². The number of para-hydroxylation sites is 1. The van der Waals surface area contributed by atoms with Crippen molar-refractivity contribution in [1.29, 1.82) is 0 Å². The Kier molecular flexibility index (Phi) is 6.20. The van der Waals surface area contributed by atoms with Gasteiger partial charge in [0, 0.05) is 17.1 Å². The Morgan fingerprint density at radius 2 is 1.52 bits per heavy atom. The molecule has 3 rings (SSSR count). The minimum atomic E-state index is -3.73. The third-order valence-corrected chi connectivity index (χ3v) is 6.34. The van der Waals surface area contributed by atoms with Crippen LogP contribution in [0.25, 0.3) is 0 Å². The first-order valence-electron chi connectivity index (χ1n) is 9.09. The van der Waals surface area contributed by atoms with E-state index in [0.717, 1.165) is 16.8 Å². The Hall–Kier alpha value is -2.90. The van der Waals surface area contributed by atoms with E-state index in [0.29, 0.717) is 22.1 Å². The van der Waals surface area contributed by atoms with E-state index in [4.69, 9.17) is 12.2 Å². The van der Waals surface area contributed by atoms with Gasteiger partial charge in [0.2, 0.25) is 0 Å². The second kappa shape index (κ2) is 8.63. The molecule has 0 aliphatic carbocycles. The SMILES string of the molecule is Cc1ccc(NC(=S)Nc2cccc(C)c2C)cc1S(=O)(=O)Nc1ccccc1. The molecule has 0 aliphatic heterocycles. The molecular weight excluding hydrogens is 402 g/mol. The first-order valence-corrected chi connectivity index (χ1v) is 11.0. The van der Waals surface area contributed by atoms with Gasteiger partial charge in [-0.25, -0.2) is 8.42 Å². The van der Waals surface area contributed by atoms with E-state index < -0.39 is 10.0 Å². The van der Waals surface area contributed by atoms with Crippen LogP contribution in [0.2, 0.25) is 0 Å². The van der Waals surface area contributed by atoms with Crippen LogP contribution >= 0.6 is 12.2 Å². The molecule has 0 bridgehead atoms. The number of hydrogen-bond acceptors (Lipinski definition) is 3. The summed E-state index contributed by atoms with van der Waals surface area (Å²) in [6.45, 7) is 5.82. The molecule has 0 fully saturated rings. The maximum absolute atomic E-state index is 12.8. The lowest BCUT2D eigenvalue weighted by Crippen LogP contribution is -2.20. The monoisotopic (exact) mass is 425 g/mol. The highest BCUT2D eigenvalue weighted by Gasteiger charge is 2.18. The molecular formula is C22H23N3O2S2. The number of aryl methyl sites for hydroxylation is 2. The van der Waals surface area contributed by atoms with Crippen LogP contribution in [0.4, 0.5) is 17.1 Å². The molecule has 0 aromatic heterocycles. The quantitative estimate of drug-likeness (QED) is 0.489. The predicted octanol–water partition coefficient (Wildman–Crippen LogP) is 5.22. The van der Waals surface area contributed by atoms with E-state index in [1.165, 1.54) is 0 Å². The number of nitrogens with one attached hydrogen (secondary N) is 3. The first-order chi connectivity index (χ1) is 13.8. The van der Waals surface area contributed by atoms with Crippen molar-refractivity contribution in [3.05, 3.63) is 83.4 Å². The normalized spacial score (nSPS) is 11.0. The summed E-state index contributed by atoms with van der Waals surface area (Å²) in [6.07, 6.45) is 0. The second-order valence-corrected chi connectivity index (χ2v) is 8.84. The maximum Gasteiger partial charge on any atom is 0.262 e. The highest BCUT2D eigenvalue weighted by atomic mass is 32.2. The second-order valence-electron chi connectivity index (χ2n) is 6.78. The number of thiocarbonyl (C=S) groups is 1. The summed E-state index contributed by atoms with van der Waals surface area (Å²) in [6, 6.07) is 19.9. The van der Waals surface area contributed by atoms with Crippen molar-refractivity contribution >= 4 is 44.4 Å². The van der Waals surface area contributed by atoms with Crippen LogP contribution in [-0.4, -0.2) is 13.5 Å². The van der Waals surface area contributed by atoms with Gasteiger partial charge in [-0.2, -0.15) is 0 Å². The largest absolute Gasteiger partial charge is 0.332 e. The van der Waals surface area contributed by atoms with Crippen molar-refractivity contribution in [1.82, 2.24) is 0 Å². The molecule has 29 heavy (non-hydrogen) atoms. The number of anilines is 3. The third-order valence-electron chi connectivity index (χ3n) is 4.61. The van der Waals surface area contributed by atoms with Crippen LogP contribution in [-0.2, 0) is 10.0 Å². The molecule has 0 atom stereocenters. The lowest BCUT2D eigenvalue weighted by molar-refractivity contribution is 0.600. The topological polar surface area (TPSA) is 70.2 Å². The Bertz CT molecular complexity index is 1140. The number of benzene rings is 3. The molecule has 0 radical (unpaired) electrons. The average Bonchev–Trinajstić information content (AvgIpc) is 2.67. The van der Waals surface area contributed by atoms with Crippen LogP contribution in [0.3, 0.4) is 0 Å². The summed E-state index contributed by atoms with van der Waals surface area (Å²) in [4.78, 5) is 0.195. The van der Waals surface area contributed by atoms with Crippen LogP contribution in [0.15, 0.2) is 71.6 Å². The van der Waals surface area contributed by atoms with Crippen molar-refractivity contribution in [2.45, 2.75) is 25.7 Å². The maximum atomic E-state index is 12.8. The van der Waals surface area contributed by atoms with Gasteiger partial charge in [0.1, 0.15) is 0 Å². The van der Waals surface area contributed by atoms with Gasteiger partial charge in [0.25, 0.3) is 10.0 Å². The van der Waals surface area contributed by atoms with E-state index in [9.17, 15) is 8.42 Å². The molecule has 0 heterocycles. The minimum Gasteiger partial charge on any atom is -0.332 e. The zero-order valence-electron chi connectivity index (χ0n) is 16.5. The van der Waals surface area contributed by atoms with Gasteiger partial charge >= 0.3 is 0 Å². The molecule has 3 N–H and O–H groups in total. The molecule has 0 amide bonds. The molecule has 5 nitrogen and oxygen atoms in total. The predicted molar refractivity (Wildman–Crippen MR) is 124 cm³/mol. The van der Waals surface area contributed by atoms with E-state index in [1.54, 1.807) is 49.4 Å². The lowest BCUT2D eigenvalue weighted by atomic mass is 10.1. The van der Waals surface area contributed by atoms with Gasteiger partial charge in [-0.3, -0.25) is 4.72 Å². The number of rotatable bonds is 5. The van der Waals surface area contributed by atoms with Gasteiger partial charge in [0.05, 0.1) is 4.90 Å². The van der Waals surface area contributed by atoms with Gasteiger partial charge < -0.3 is 10.6 Å². The summed E-state index contributed by atoms with van der Waals surface area (Å²) in [5.74, 6) is 0. The van der Waals surface area contributed by atoms with Gasteiger partial charge in [-0.05, 0) is 80.0 Å². The van der Waals surface area contributed by atoms with E-state index in [2.05, 4.69) is 15.4 Å². The number of sulfonamides is 1. The molecule has 0 unspecified atom stereocenters. The van der Waals surface area contributed by atoms with Gasteiger partial charge in [-0.15, -0.1) is 0 Å². The van der Waals surface area contributed by atoms with Crippen molar-refractivity contribution in [3.63, 3.8) is 0 Å². The third kappa shape index (κ3) is 5.13. The summed E-state index contributed by atoms with van der Waals surface area (Å²) in [7, 11) is -3.73.